The first-order valence-corrected chi connectivity index (χ1v) is 7.91. The molecular weight excluding hydrogens is 262 g/mol. The van der Waals surface area contributed by atoms with Crippen molar-refractivity contribution < 1.29 is 9.59 Å². The van der Waals surface area contributed by atoms with Crippen LogP contribution in [-0.4, -0.2) is 17.7 Å². The summed E-state index contributed by atoms with van der Waals surface area (Å²) in [6.45, 7) is 6.13. The fraction of sp³-hybridized carbons (Fsp3) is 0.556. The minimum atomic E-state index is -0.0364. The van der Waals surface area contributed by atoms with Crippen LogP contribution in [0.4, 0.5) is 0 Å². The van der Waals surface area contributed by atoms with Crippen LogP contribution in [0.25, 0.3) is 0 Å². The quantitative estimate of drug-likeness (QED) is 0.816. The molecule has 3 nitrogen and oxygen atoms in total. The van der Waals surface area contributed by atoms with E-state index in [0.29, 0.717) is 5.92 Å². The third-order valence-corrected chi connectivity index (χ3v) is 4.39. The molecule has 0 fully saturated rings. The van der Waals surface area contributed by atoms with Gasteiger partial charge in [-0.15, -0.1) is 0 Å². The van der Waals surface area contributed by atoms with Crippen LogP contribution >= 0.6 is 0 Å². The highest BCUT2D eigenvalue weighted by molar-refractivity contribution is 5.98. The van der Waals surface area contributed by atoms with Crippen LogP contribution in [0, 0.1) is 5.92 Å². The topological polar surface area (TPSA) is 46.2 Å². The Balaban J connectivity index is 1.86. The Hall–Kier alpha value is -1.64. The highest BCUT2D eigenvalue weighted by atomic mass is 16.2. The second-order valence-corrected chi connectivity index (χ2v) is 6.36. The summed E-state index contributed by atoms with van der Waals surface area (Å²) >= 11 is 0. The number of aryl methyl sites for hydroxylation is 2. The molecule has 1 aromatic rings. The van der Waals surface area contributed by atoms with Crippen LogP contribution in [0.3, 0.4) is 0 Å². The lowest BCUT2D eigenvalue weighted by Gasteiger charge is -2.17. The molecule has 1 N–H and O–H groups in total. The highest BCUT2D eigenvalue weighted by Crippen LogP contribution is 2.23. The van der Waals surface area contributed by atoms with Gasteiger partial charge in [-0.2, -0.15) is 0 Å². The summed E-state index contributed by atoms with van der Waals surface area (Å²) in [5, 5.41) is 2.94. The van der Waals surface area contributed by atoms with Crippen molar-refractivity contribution in [2.75, 3.05) is 0 Å². The molecule has 114 valence electrons. The van der Waals surface area contributed by atoms with Gasteiger partial charge < -0.3 is 5.32 Å². The first-order chi connectivity index (χ1) is 9.97. The van der Waals surface area contributed by atoms with E-state index in [-0.39, 0.29) is 30.6 Å². The highest BCUT2D eigenvalue weighted by Gasteiger charge is 2.16. The van der Waals surface area contributed by atoms with E-state index in [2.05, 4.69) is 25.2 Å². The Morgan fingerprint density at radius 2 is 1.81 bits per heavy atom. The largest absolute Gasteiger partial charge is 0.353 e. The van der Waals surface area contributed by atoms with E-state index in [1.54, 1.807) is 0 Å². The van der Waals surface area contributed by atoms with Crippen LogP contribution in [0.15, 0.2) is 18.2 Å². The maximum atomic E-state index is 12.2. The van der Waals surface area contributed by atoms with Crippen molar-refractivity contribution in [3.8, 4) is 0 Å². The fourth-order valence-electron chi connectivity index (χ4n) is 2.61. The van der Waals surface area contributed by atoms with Crippen molar-refractivity contribution in [1.82, 2.24) is 5.32 Å². The molecule has 21 heavy (non-hydrogen) atoms. The average Bonchev–Trinajstić information content (AvgIpc) is 2.91. The minimum absolute atomic E-state index is 0.0364. The average molecular weight is 287 g/mol. The molecule has 1 aliphatic carbocycles. The first kappa shape index (κ1) is 15.7. The maximum Gasteiger partial charge on any atom is 0.220 e. The van der Waals surface area contributed by atoms with Crippen LogP contribution in [-0.2, 0) is 17.6 Å². The minimum Gasteiger partial charge on any atom is -0.353 e. The molecule has 0 saturated carbocycles. The zero-order valence-corrected chi connectivity index (χ0v) is 13.2. The standard InChI is InChI=1S/C18H25NO2/c1-12(2)13(3)19-18(21)10-9-17(20)16-8-7-14-5-4-6-15(14)11-16/h7-8,11-13H,4-6,9-10H2,1-3H3,(H,19,21). The van der Waals surface area contributed by atoms with E-state index in [4.69, 9.17) is 0 Å². The summed E-state index contributed by atoms with van der Waals surface area (Å²) in [4.78, 5) is 24.0. The lowest BCUT2D eigenvalue weighted by molar-refractivity contribution is -0.121. The smallest absolute Gasteiger partial charge is 0.220 e. The summed E-state index contributed by atoms with van der Waals surface area (Å²) in [6.07, 6.45) is 3.94. The van der Waals surface area contributed by atoms with E-state index >= 15 is 0 Å². The van der Waals surface area contributed by atoms with E-state index in [1.807, 2.05) is 19.1 Å². The van der Waals surface area contributed by atoms with Gasteiger partial charge in [0.1, 0.15) is 0 Å². The molecule has 0 aromatic heterocycles. The molecule has 1 aromatic carbocycles. The first-order valence-electron chi connectivity index (χ1n) is 7.91. The van der Waals surface area contributed by atoms with Crippen LogP contribution < -0.4 is 5.32 Å². The van der Waals surface area contributed by atoms with Gasteiger partial charge in [-0.05, 0) is 49.3 Å². The van der Waals surface area contributed by atoms with Crippen molar-refractivity contribution in [2.24, 2.45) is 5.92 Å². The lowest BCUT2D eigenvalue weighted by atomic mass is 10.0. The van der Waals surface area contributed by atoms with Crippen LogP contribution in [0.5, 0.6) is 0 Å². The zero-order chi connectivity index (χ0) is 15.4. The third kappa shape index (κ3) is 4.16. The monoisotopic (exact) mass is 287 g/mol. The second-order valence-electron chi connectivity index (χ2n) is 6.36. The fourth-order valence-corrected chi connectivity index (χ4v) is 2.61. The molecule has 0 saturated heterocycles. The maximum absolute atomic E-state index is 12.2. The van der Waals surface area contributed by atoms with Gasteiger partial charge in [0.15, 0.2) is 5.78 Å². The van der Waals surface area contributed by atoms with Crippen molar-refractivity contribution in [1.29, 1.82) is 0 Å². The summed E-state index contributed by atoms with van der Waals surface area (Å²) in [5.41, 5.74) is 3.43. The number of amides is 1. The molecule has 0 radical (unpaired) electrons. The predicted molar refractivity (Wildman–Crippen MR) is 84.5 cm³/mol. The molecular formula is C18H25NO2. The van der Waals surface area contributed by atoms with E-state index in [9.17, 15) is 9.59 Å². The lowest BCUT2D eigenvalue weighted by Crippen LogP contribution is -2.36. The number of Topliss-reactive ketones (excluding diaryl/α,β-unsaturated/α-hetero) is 1. The number of hydrogen-bond acceptors (Lipinski definition) is 2. The number of carbonyl (C=O) groups is 2. The SMILES string of the molecule is CC(C)C(C)NC(=O)CCC(=O)c1ccc2c(c1)CCC2. The summed E-state index contributed by atoms with van der Waals surface area (Å²) in [5.74, 6) is 0.434. The van der Waals surface area contributed by atoms with Gasteiger partial charge in [-0.25, -0.2) is 0 Å². The Bertz CT molecular complexity index is 534. The van der Waals surface area contributed by atoms with Crippen molar-refractivity contribution >= 4 is 11.7 Å². The molecule has 0 heterocycles. The third-order valence-electron chi connectivity index (χ3n) is 4.39. The summed E-state index contributed by atoms with van der Waals surface area (Å²) in [6, 6.07) is 6.13. The summed E-state index contributed by atoms with van der Waals surface area (Å²) in [7, 11) is 0. The Morgan fingerprint density at radius 3 is 2.52 bits per heavy atom. The molecule has 1 amide bonds. The molecule has 1 aliphatic rings. The molecule has 2 rings (SSSR count). The van der Waals surface area contributed by atoms with Gasteiger partial charge in [0.05, 0.1) is 0 Å². The molecule has 1 atom stereocenters. The zero-order valence-electron chi connectivity index (χ0n) is 13.2. The number of ketones is 1. The van der Waals surface area contributed by atoms with Gasteiger partial charge in [-0.3, -0.25) is 9.59 Å². The van der Waals surface area contributed by atoms with Gasteiger partial charge in [0, 0.05) is 24.4 Å². The molecule has 0 spiro atoms. The van der Waals surface area contributed by atoms with Gasteiger partial charge in [-0.1, -0.05) is 26.0 Å². The number of rotatable bonds is 6. The normalized spacial score (nSPS) is 14.9. The van der Waals surface area contributed by atoms with Crippen molar-refractivity contribution in [3.63, 3.8) is 0 Å². The Kier molecular flexibility index (Phi) is 5.16. The molecule has 0 aliphatic heterocycles. The second kappa shape index (κ2) is 6.88. The Labute approximate surface area is 127 Å². The predicted octanol–water partition coefficient (Wildman–Crippen LogP) is 3.30. The molecule has 1 unspecified atom stereocenters. The number of benzene rings is 1. The van der Waals surface area contributed by atoms with E-state index in [0.717, 1.165) is 18.4 Å². The number of nitrogens with one attached hydrogen (secondary N) is 1. The Morgan fingerprint density at radius 1 is 1.10 bits per heavy atom. The van der Waals surface area contributed by atoms with Crippen LogP contribution in [0.1, 0.15) is 61.5 Å². The van der Waals surface area contributed by atoms with Crippen molar-refractivity contribution in [2.45, 2.75) is 58.9 Å². The molecule has 3 heteroatoms. The van der Waals surface area contributed by atoms with E-state index < -0.39 is 0 Å². The number of hydrogen-bond donors (Lipinski definition) is 1. The van der Waals surface area contributed by atoms with Crippen LogP contribution in [0.2, 0.25) is 0 Å². The van der Waals surface area contributed by atoms with Gasteiger partial charge in [0.2, 0.25) is 5.91 Å². The number of fused-ring (bicyclic) bond motifs is 1. The van der Waals surface area contributed by atoms with Gasteiger partial charge >= 0.3 is 0 Å². The number of carbonyl (C=O) groups excluding carboxylic acids is 2. The van der Waals surface area contributed by atoms with Crippen molar-refractivity contribution in [3.05, 3.63) is 34.9 Å². The van der Waals surface area contributed by atoms with E-state index in [1.165, 1.54) is 17.5 Å². The van der Waals surface area contributed by atoms with Gasteiger partial charge in [0.25, 0.3) is 0 Å². The molecule has 0 bridgehead atoms. The summed E-state index contributed by atoms with van der Waals surface area (Å²) < 4.78 is 0.